The molecule has 0 unspecified atom stereocenters. The van der Waals surface area contributed by atoms with E-state index in [0.29, 0.717) is 11.3 Å². The molecule has 0 saturated heterocycles. The number of esters is 1. The zero-order valence-corrected chi connectivity index (χ0v) is 16.0. The van der Waals surface area contributed by atoms with Gasteiger partial charge in [0.2, 0.25) is 15.9 Å². The van der Waals surface area contributed by atoms with Crippen molar-refractivity contribution >= 4 is 27.6 Å². The molecule has 2 rings (SSSR count). The van der Waals surface area contributed by atoms with Crippen LogP contribution in [0.1, 0.15) is 24.5 Å². The number of carbonyl (C=O) groups excluding carboxylic acids is 2. The first-order valence-corrected chi connectivity index (χ1v) is 9.80. The summed E-state index contributed by atoms with van der Waals surface area (Å²) in [6.07, 6.45) is -0.126. The van der Waals surface area contributed by atoms with Crippen molar-refractivity contribution in [1.82, 2.24) is 4.72 Å². The molecule has 2 aromatic carbocycles. The number of nitrogens with one attached hydrogen (secondary N) is 2. The van der Waals surface area contributed by atoms with E-state index in [0.717, 1.165) is 5.56 Å². The lowest BCUT2D eigenvalue weighted by atomic mass is 10.2. The van der Waals surface area contributed by atoms with Crippen molar-refractivity contribution < 1.29 is 22.7 Å². The summed E-state index contributed by atoms with van der Waals surface area (Å²) in [5.74, 6) is -0.804. The molecule has 0 aliphatic heterocycles. The predicted molar refractivity (Wildman–Crippen MR) is 102 cm³/mol. The monoisotopic (exact) mass is 401 g/mol. The third kappa shape index (κ3) is 6.50. The molecule has 0 aliphatic carbocycles. The van der Waals surface area contributed by atoms with Crippen LogP contribution in [0.5, 0.6) is 0 Å². The van der Waals surface area contributed by atoms with Crippen LogP contribution in [0, 0.1) is 11.3 Å². The van der Waals surface area contributed by atoms with Gasteiger partial charge in [-0.15, -0.1) is 0 Å². The smallest absolute Gasteiger partial charge is 0.307 e. The molecule has 0 atom stereocenters. The summed E-state index contributed by atoms with van der Waals surface area (Å²) in [6.45, 7) is 1.29. The Bertz CT molecular complexity index is 978. The summed E-state index contributed by atoms with van der Waals surface area (Å²) in [7, 11) is -3.78. The highest BCUT2D eigenvalue weighted by Gasteiger charge is 2.14. The first-order chi connectivity index (χ1) is 13.3. The molecule has 0 radical (unpaired) electrons. The summed E-state index contributed by atoms with van der Waals surface area (Å²) in [4.78, 5) is 22.8. The molecule has 0 aliphatic rings. The van der Waals surface area contributed by atoms with Gasteiger partial charge < -0.3 is 10.1 Å². The topological polar surface area (TPSA) is 125 Å². The maximum absolute atomic E-state index is 12.2. The molecular formula is C19H19N3O5S. The number of ether oxygens (including phenoxy) is 1. The molecular weight excluding hydrogens is 382 g/mol. The zero-order chi connectivity index (χ0) is 20.6. The standard InChI is InChI=1S/C19H19N3O5S/c1-14(23)22-17-6-8-18(9-7-17)28(25,26)21-11-10-19(24)27-13-16-4-2-15(12-20)3-5-16/h2-9,21H,10-11,13H2,1H3,(H,22,23). The molecule has 0 heterocycles. The molecule has 0 aromatic heterocycles. The van der Waals surface area contributed by atoms with E-state index in [9.17, 15) is 18.0 Å². The molecule has 2 N–H and O–H groups in total. The number of nitrogens with zero attached hydrogens (tertiary/aromatic N) is 1. The molecule has 1 amide bonds. The lowest BCUT2D eigenvalue weighted by Crippen LogP contribution is -2.26. The summed E-state index contributed by atoms with van der Waals surface area (Å²) in [6, 6.07) is 14.3. The van der Waals surface area contributed by atoms with Crippen molar-refractivity contribution in [1.29, 1.82) is 5.26 Å². The minimum Gasteiger partial charge on any atom is -0.461 e. The van der Waals surface area contributed by atoms with E-state index < -0.39 is 16.0 Å². The van der Waals surface area contributed by atoms with Crippen molar-refractivity contribution in [2.75, 3.05) is 11.9 Å². The van der Waals surface area contributed by atoms with E-state index in [1.165, 1.54) is 31.2 Å². The van der Waals surface area contributed by atoms with Crippen LogP contribution in [0.3, 0.4) is 0 Å². The maximum Gasteiger partial charge on any atom is 0.307 e. The highest BCUT2D eigenvalue weighted by atomic mass is 32.2. The van der Waals surface area contributed by atoms with Gasteiger partial charge in [0.25, 0.3) is 0 Å². The number of hydrogen-bond donors (Lipinski definition) is 2. The fourth-order valence-electron chi connectivity index (χ4n) is 2.20. The number of sulfonamides is 1. The van der Waals surface area contributed by atoms with Crippen molar-refractivity contribution in [3.8, 4) is 6.07 Å². The van der Waals surface area contributed by atoms with Gasteiger partial charge in [-0.3, -0.25) is 9.59 Å². The van der Waals surface area contributed by atoms with Gasteiger partial charge in [0.15, 0.2) is 0 Å². The van der Waals surface area contributed by atoms with E-state index in [4.69, 9.17) is 10.00 Å². The Morgan fingerprint density at radius 1 is 1.07 bits per heavy atom. The lowest BCUT2D eigenvalue weighted by molar-refractivity contribution is -0.144. The maximum atomic E-state index is 12.2. The first-order valence-electron chi connectivity index (χ1n) is 8.32. The lowest BCUT2D eigenvalue weighted by Gasteiger charge is -2.08. The van der Waals surface area contributed by atoms with E-state index >= 15 is 0 Å². The van der Waals surface area contributed by atoms with Gasteiger partial charge in [0.1, 0.15) is 6.61 Å². The number of nitriles is 1. The van der Waals surface area contributed by atoms with Crippen molar-refractivity contribution in [2.24, 2.45) is 0 Å². The second kappa shape index (κ2) is 9.64. The molecule has 146 valence electrons. The van der Waals surface area contributed by atoms with Gasteiger partial charge in [0, 0.05) is 19.2 Å². The Morgan fingerprint density at radius 3 is 2.29 bits per heavy atom. The van der Waals surface area contributed by atoms with E-state index in [-0.39, 0.29) is 30.4 Å². The predicted octanol–water partition coefficient (Wildman–Crippen LogP) is 1.93. The highest BCUT2D eigenvalue weighted by Crippen LogP contribution is 2.14. The Morgan fingerprint density at radius 2 is 1.71 bits per heavy atom. The van der Waals surface area contributed by atoms with Crippen LogP contribution < -0.4 is 10.0 Å². The van der Waals surface area contributed by atoms with Crippen LogP contribution in [-0.2, 0) is 31.0 Å². The minimum absolute atomic E-state index is 0.0209. The van der Waals surface area contributed by atoms with Crippen LogP contribution in [0.25, 0.3) is 0 Å². The minimum atomic E-state index is -3.78. The number of benzene rings is 2. The molecule has 0 bridgehead atoms. The molecule has 0 saturated carbocycles. The van der Waals surface area contributed by atoms with Crippen LogP contribution in [0.4, 0.5) is 5.69 Å². The van der Waals surface area contributed by atoms with E-state index in [1.807, 2.05) is 6.07 Å². The van der Waals surface area contributed by atoms with Crippen LogP contribution in [0.2, 0.25) is 0 Å². The third-order valence-electron chi connectivity index (χ3n) is 3.59. The van der Waals surface area contributed by atoms with Gasteiger partial charge in [-0.25, -0.2) is 13.1 Å². The highest BCUT2D eigenvalue weighted by molar-refractivity contribution is 7.89. The Balaban J connectivity index is 1.79. The zero-order valence-electron chi connectivity index (χ0n) is 15.1. The number of hydrogen-bond acceptors (Lipinski definition) is 6. The third-order valence-corrected chi connectivity index (χ3v) is 5.07. The number of anilines is 1. The van der Waals surface area contributed by atoms with E-state index in [2.05, 4.69) is 10.0 Å². The fourth-order valence-corrected chi connectivity index (χ4v) is 3.23. The van der Waals surface area contributed by atoms with Gasteiger partial charge >= 0.3 is 5.97 Å². The number of amides is 1. The summed E-state index contributed by atoms with van der Waals surface area (Å²) in [5.41, 5.74) is 1.72. The Labute approximate surface area is 163 Å². The fraction of sp³-hybridized carbons (Fsp3) is 0.211. The molecule has 2 aromatic rings. The molecule has 8 nitrogen and oxygen atoms in total. The van der Waals surface area contributed by atoms with Crippen LogP contribution in [-0.4, -0.2) is 26.8 Å². The van der Waals surface area contributed by atoms with Gasteiger partial charge in [-0.1, -0.05) is 12.1 Å². The SMILES string of the molecule is CC(=O)Nc1ccc(S(=O)(=O)NCCC(=O)OCc2ccc(C#N)cc2)cc1. The second-order valence-electron chi connectivity index (χ2n) is 5.82. The first kappa shape index (κ1) is 21.1. The normalized spacial score (nSPS) is 10.7. The number of carbonyl (C=O) groups is 2. The van der Waals surface area contributed by atoms with Gasteiger partial charge in [-0.05, 0) is 42.0 Å². The molecule has 9 heteroatoms. The second-order valence-corrected chi connectivity index (χ2v) is 7.59. The van der Waals surface area contributed by atoms with E-state index in [1.54, 1.807) is 24.3 Å². The van der Waals surface area contributed by atoms with Crippen molar-refractivity contribution in [3.05, 3.63) is 59.7 Å². The van der Waals surface area contributed by atoms with Gasteiger partial charge in [0.05, 0.1) is 22.9 Å². The van der Waals surface area contributed by atoms with Crippen LogP contribution in [0.15, 0.2) is 53.4 Å². The molecule has 28 heavy (non-hydrogen) atoms. The van der Waals surface area contributed by atoms with Crippen molar-refractivity contribution in [2.45, 2.75) is 24.8 Å². The largest absolute Gasteiger partial charge is 0.461 e. The summed E-state index contributed by atoms with van der Waals surface area (Å²) >= 11 is 0. The van der Waals surface area contributed by atoms with Crippen molar-refractivity contribution in [3.63, 3.8) is 0 Å². The Kier molecular flexibility index (Phi) is 7.26. The quantitative estimate of drug-likeness (QED) is 0.651. The average Bonchev–Trinajstić information content (AvgIpc) is 2.66. The Hall–Kier alpha value is -3.22. The summed E-state index contributed by atoms with van der Waals surface area (Å²) in [5, 5.41) is 11.3. The van der Waals surface area contributed by atoms with Crippen LogP contribution >= 0.6 is 0 Å². The number of rotatable bonds is 8. The van der Waals surface area contributed by atoms with Gasteiger partial charge in [-0.2, -0.15) is 5.26 Å². The molecule has 0 spiro atoms. The summed E-state index contributed by atoms with van der Waals surface area (Å²) < 4.78 is 31.8. The molecule has 0 fully saturated rings. The average molecular weight is 401 g/mol.